The van der Waals surface area contributed by atoms with Crippen LogP contribution in [0.15, 0.2) is 72.2 Å². The van der Waals surface area contributed by atoms with Crippen LogP contribution in [0.4, 0.5) is 0 Å². The Morgan fingerprint density at radius 1 is 1.15 bits per heavy atom. The summed E-state index contributed by atoms with van der Waals surface area (Å²) in [5.41, 5.74) is 3.76. The highest BCUT2D eigenvalue weighted by Crippen LogP contribution is 2.42. The number of rotatable bonds is 4. The second-order valence-electron chi connectivity index (χ2n) is 8.30. The van der Waals surface area contributed by atoms with Crippen molar-refractivity contribution in [1.29, 1.82) is 0 Å². The van der Waals surface area contributed by atoms with Gasteiger partial charge in [-0.25, -0.2) is 23.9 Å². The number of aromatic nitrogens is 4. The van der Waals surface area contributed by atoms with Gasteiger partial charge in [0, 0.05) is 42.2 Å². The molecule has 0 saturated carbocycles. The Labute approximate surface area is 190 Å². The summed E-state index contributed by atoms with van der Waals surface area (Å²) in [5, 5.41) is 4.97. The lowest BCUT2D eigenvalue weighted by Gasteiger charge is -2.12. The molecule has 9 heteroatoms. The molecule has 2 aliphatic heterocycles. The minimum absolute atomic E-state index is 0.134. The number of aryl methyl sites for hydroxylation is 1. The Balaban J connectivity index is 1.55. The van der Waals surface area contributed by atoms with Gasteiger partial charge in [0.25, 0.3) is 16.1 Å². The highest BCUT2D eigenvalue weighted by Gasteiger charge is 2.46. The molecule has 1 saturated heterocycles. The maximum absolute atomic E-state index is 13.5. The first-order valence-corrected chi connectivity index (χ1v) is 11.9. The largest absolute Gasteiger partial charge is 0.358 e. The molecule has 0 N–H and O–H groups in total. The fourth-order valence-corrected chi connectivity index (χ4v) is 5.99. The van der Waals surface area contributed by atoms with E-state index in [-0.39, 0.29) is 23.1 Å². The maximum atomic E-state index is 13.5. The van der Waals surface area contributed by atoms with E-state index >= 15 is 0 Å². The lowest BCUT2D eigenvalue weighted by Crippen LogP contribution is -2.16. The zero-order valence-electron chi connectivity index (χ0n) is 17.7. The van der Waals surface area contributed by atoms with Gasteiger partial charge in [0.05, 0.1) is 23.6 Å². The highest BCUT2D eigenvalue weighted by molar-refractivity contribution is 7.90. The molecule has 1 unspecified atom stereocenters. The van der Waals surface area contributed by atoms with Crippen LogP contribution in [0.1, 0.15) is 12.0 Å². The predicted molar refractivity (Wildman–Crippen MR) is 123 cm³/mol. The van der Waals surface area contributed by atoms with E-state index in [2.05, 4.69) is 14.9 Å². The van der Waals surface area contributed by atoms with E-state index in [4.69, 9.17) is 11.3 Å². The van der Waals surface area contributed by atoms with Crippen LogP contribution in [0, 0.1) is 6.57 Å². The minimum Gasteiger partial charge on any atom is -0.358 e. The van der Waals surface area contributed by atoms with Gasteiger partial charge in [-0.1, -0.05) is 18.2 Å². The molecule has 0 spiro atoms. The van der Waals surface area contributed by atoms with Crippen molar-refractivity contribution in [2.45, 2.75) is 29.6 Å². The number of ether oxygens (including phenoxy) is 1. The smallest absolute Gasteiger partial charge is 0.269 e. The Morgan fingerprint density at radius 2 is 1.97 bits per heavy atom. The Bertz CT molecular complexity index is 1580. The van der Waals surface area contributed by atoms with Crippen LogP contribution in [-0.4, -0.2) is 45.4 Å². The first-order valence-electron chi connectivity index (χ1n) is 10.5. The number of hydrogen-bond acceptors (Lipinski definition) is 5. The SMILES string of the molecule is [C-]#[N+]C1C[C@H]2O[C@@H]1C=C2c1cnc2c(c1)c(-c1cnn(C)c1)cn2S(=O)(=O)c1ccccc1. The Morgan fingerprint density at radius 3 is 2.64 bits per heavy atom. The first-order chi connectivity index (χ1) is 16.0. The Kier molecular flexibility index (Phi) is 4.30. The third-order valence-corrected chi connectivity index (χ3v) is 7.94. The molecule has 3 atom stereocenters. The average molecular weight is 458 g/mol. The number of benzene rings is 1. The monoisotopic (exact) mass is 457 g/mol. The third kappa shape index (κ3) is 3.03. The summed E-state index contributed by atoms with van der Waals surface area (Å²) >= 11 is 0. The maximum Gasteiger partial charge on any atom is 0.269 e. The summed E-state index contributed by atoms with van der Waals surface area (Å²) in [6, 6.07) is 10.1. The van der Waals surface area contributed by atoms with Gasteiger partial charge >= 0.3 is 0 Å². The molecule has 2 aliphatic rings. The zero-order chi connectivity index (χ0) is 22.7. The van der Waals surface area contributed by atoms with Gasteiger partial charge in [0.1, 0.15) is 0 Å². The summed E-state index contributed by atoms with van der Waals surface area (Å²) in [6.45, 7) is 7.33. The van der Waals surface area contributed by atoms with Crippen molar-refractivity contribution in [3.8, 4) is 11.1 Å². The molecule has 8 nitrogen and oxygen atoms in total. The lowest BCUT2D eigenvalue weighted by atomic mass is 9.91. The van der Waals surface area contributed by atoms with Crippen molar-refractivity contribution < 1.29 is 13.2 Å². The summed E-state index contributed by atoms with van der Waals surface area (Å²) in [7, 11) is -2.02. The molecule has 1 fully saturated rings. The third-order valence-electron chi connectivity index (χ3n) is 6.27. The van der Waals surface area contributed by atoms with E-state index in [1.807, 2.05) is 25.4 Å². The van der Waals surface area contributed by atoms with Crippen molar-refractivity contribution >= 4 is 26.6 Å². The summed E-state index contributed by atoms with van der Waals surface area (Å²) in [5.74, 6) is 0. The van der Waals surface area contributed by atoms with E-state index in [9.17, 15) is 8.42 Å². The van der Waals surface area contributed by atoms with Crippen molar-refractivity contribution in [2.24, 2.45) is 7.05 Å². The molecule has 5 heterocycles. The van der Waals surface area contributed by atoms with Crippen molar-refractivity contribution in [2.75, 3.05) is 0 Å². The van der Waals surface area contributed by atoms with Crippen LogP contribution in [0.5, 0.6) is 0 Å². The van der Waals surface area contributed by atoms with Crippen LogP contribution < -0.4 is 0 Å². The standard InChI is InChI=1S/C24H19N5O3S/c1-25-21-10-22-18(9-23(21)32-22)15-8-19-20(16-12-27-28(2)13-16)14-29(24(19)26-11-15)33(30,31)17-6-4-3-5-7-17/h3-9,11-14,21-23H,10H2,2H3/t21?,22-,23-/m1/s1. The predicted octanol–water partition coefficient (Wildman–Crippen LogP) is 3.52. The van der Waals surface area contributed by atoms with E-state index in [1.165, 1.54) is 3.97 Å². The molecular formula is C24H19N5O3S. The van der Waals surface area contributed by atoms with Crippen LogP contribution in [0.25, 0.3) is 32.6 Å². The highest BCUT2D eigenvalue weighted by atomic mass is 32.2. The number of nitrogens with zero attached hydrogens (tertiary/aromatic N) is 5. The molecule has 33 heavy (non-hydrogen) atoms. The molecule has 0 radical (unpaired) electrons. The molecule has 1 aromatic carbocycles. The van der Waals surface area contributed by atoms with Gasteiger partial charge in [-0.2, -0.15) is 5.10 Å². The number of fused-ring (bicyclic) bond motifs is 3. The van der Waals surface area contributed by atoms with Gasteiger partial charge in [-0.3, -0.25) is 4.68 Å². The Hall–Kier alpha value is -3.74. The first kappa shape index (κ1) is 19.9. The van der Waals surface area contributed by atoms with Gasteiger partial charge < -0.3 is 9.58 Å². The molecule has 0 aliphatic carbocycles. The topological polar surface area (TPSA) is 83.4 Å². The number of pyridine rings is 1. The van der Waals surface area contributed by atoms with Crippen LogP contribution >= 0.6 is 0 Å². The summed E-state index contributed by atoms with van der Waals surface area (Å²) in [6.07, 6.45) is 9.20. The van der Waals surface area contributed by atoms with E-state index < -0.39 is 10.0 Å². The molecule has 164 valence electrons. The summed E-state index contributed by atoms with van der Waals surface area (Å²) < 4.78 is 35.8. The second-order valence-corrected chi connectivity index (χ2v) is 10.1. The lowest BCUT2D eigenvalue weighted by molar-refractivity contribution is 0.123. The normalized spacial score (nSPS) is 21.9. The van der Waals surface area contributed by atoms with Crippen molar-refractivity contribution in [1.82, 2.24) is 18.7 Å². The van der Waals surface area contributed by atoms with Crippen LogP contribution in [0.3, 0.4) is 0 Å². The molecule has 4 aromatic rings. The minimum atomic E-state index is -3.84. The quantitative estimate of drug-likeness (QED) is 0.438. The molecule has 2 bridgehead atoms. The average Bonchev–Trinajstić information content (AvgIpc) is 3.61. The summed E-state index contributed by atoms with van der Waals surface area (Å²) in [4.78, 5) is 8.44. The van der Waals surface area contributed by atoms with E-state index in [1.54, 1.807) is 53.6 Å². The van der Waals surface area contributed by atoms with Gasteiger partial charge in [0.15, 0.2) is 11.8 Å². The molecule has 0 amide bonds. The fourth-order valence-electron chi connectivity index (χ4n) is 4.65. The molecule has 6 rings (SSSR count). The van der Waals surface area contributed by atoms with Gasteiger partial charge in [0.2, 0.25) is 0 Å². The van der Waals surface area contributed by atoms with Crippen molar-refractivity contribution in [3.05, 3.63) is 84.2 Å². The fraction of sp³-hybridized carbons (Fsp3) is 0.208. The van der Waals surface area contributed by atoms with E-state index in [0.29, 0.717) is 17.5 Å². The van der Waals surface area contributed by atoms with Crippen LogP contribution in [0.2, 0.25) is 0 Å². The molecular weight excluding hydrogens is 438 g/mol. The van der Waals surface area contributed by atoms with Crippen molar-refractivity contribution in [3.63, 3.8) is 0 Å². The van der Waals surface area contributed by atoms with E-state index in [0.717, 1.165) is 22.3 Å². The van der Waals surface area contributed by atoms with Crippen LogP contribution in [-0.2, 0) is 21.8 Å². The van der Waals surface area contributed by atoms with Gasteiger partial charge in [-0.05, 0) is 35.4 Å². The second kappa shape index (κ2) is 7.13. The van der Waals surface area contributed by atoms with Gasteiger partial charge in [-0.15, -0.1) is 0 Å². The molecule has 3 aromatic heterocycles. The number of hydrogen-bond donors (Lipinski definition) is 0. The zero-order valence-corrected chi connectivity index (χ0v) is 18.5.